The minimum absolute atomic E-state index is 0.139. The Bertz CT molecular complexity index is 1390. The summed E-state index contributed by atoms with van der Waals surface area (Å²) in [7, 11) is -2.10. The van der Waals surface area contributed by atoms with E-state index in [9.17, 15) is 13.2 Å². The topological polar surface area (TPSA) is 98.5 Å². The molecule has 33 heavy (non-hydrogen) atoms. The fourth-order valence-corrected chi connectivity index (χ4v) is 7.28. The average Bonchev–Trinajstić information content (AvgIpc) is 2.77. The van der Waals surface area contributed by atoms with Crippen LogP contribution in [0.5, 0.6) is 5.75 Å². The Morgan fingerprint density at radius 3 is 2.48 bits per heavy atom. The molecule has 1 aliphatic rings. The predicted octanol–water partition coefficient (Wildman–Crippen LogP) is 5.86. The van der Waals surface area contributed by atoms with Crippen LogP contribution in [0, 0.1) is 0 Å². The van der Waals surface area contributed by atoms with E-state index in [4.69, 9.17) is 10.5 Å². The van der Waals surface area contributed by atoms with Crippen LogP contribution in [-0.4, -0.2) is 21.4 Å². The SMILES string of the molecule is COc1ccc(/C=C2\Sc3ccc(S(=O)(=O)Cc4c(Br)cccc4Br)cc3NC2=O)cc1N. The lowest BCUT2D eigenvalue weighted by atomic mass is 10.1. The molecule has 0 saturated carbocycles. The van der Waals surface area contributed by atoms with Gasteiger partial charge in [0.2, 0.25) is 0 Å². The number of sulfone groups is 1. The summed E-state index contributed by atoms with van der Waals surface area (Å²) in [6.07, 6.45) is 1.73. The van der Waals surface area contributed by atoms with E-state index in [1.807, 2.05) is 6.07 Å². The molecule has 3 N–H and O–H groups in total. The smallest absolute Gasteiger partial charge is 0.262 e. The maximum atomic E-state index is 13.1. The van der Waals surface area contributed by atoms with Gasteiger partial charge >= 0.3 is 0 Å². The minimum atomic E-state index is -3.64. The lowest BCUT2D eigenvalue weighted by molar-refractivity contribution is -0.112. The van der Waals surface area contributed by atoms with Crippen LogP contribution in [0.25, 0.3) is 6.08 Å². The Labute approximate surface area is 212 Å². The van der Waals surface area contributed by atoms with E-state index < -0.39 is 9.84 Å². The van der Waals surface area contributed by atoms with Crippen molar-refractivity contribution in [1.82, 2.24) is 0 Å². The van der Waals surface area contributed by atoms with Gasteiger partial charge in [-0.1, -0.05) is 55.8 Å². The zero-order valence-electron chi connectivity index (χ0n) is 17.3. The summed E-state index contributed by atoms with van der Waals surface area (Å²) >= 11 is 8.09. The first-order valence-corrected chi connectivity index (χ1v) is 13.7. The molecule has 6 nitrogen and oxygen atoms in total. The molecule has 1 aliphatic heterocycles. The Morgan fingerprint density at radius 2 is 1.82 bits per heavy atom. The molecule has 0 unspecified atom stereocenters. The van der Waals surface area contributed by atoms with Crippen LogP contribution < -0.4 is 15.8 Å². The van der Waals surface area contributed by atoms with Crippen LogP contribution in [0.3, 0.4) is 0 Å². The lowest BCUT2D eigenvalue weighted by Crippen LogP contribution is -2.18. The summed E-state index contributed by atoms with van der Waals surface area (Å²) in [6.45, 7) is 0. The third kappa shape index (κ3) is 5.13. The van der Waals surface area contributed by atoms with Crippen LogP contribution in [0.1, 0.15) is 11.1 Å². The number of nitrogens with two attached hydrogens (primary N) is 1. The van der Waals surface area contributed by atoms with Crippen molar-refractivity contribution < 1.29 is 17.9 Å². The summed E-state index contributed by atoms with van der Waals surface area (Å²) in [5.74, 6) is 0.0652. The largest absolute Gasteiger partial charge is 0.495 e. The van der Waals surface area contributed by atoms with Gasteiger partial charge in [0, 0.05) is 13.8 Å². The zero-order valence-corrected chi connectivity index (χ0v) is 22.1. The summed E-state index contributed by atoms with van der Waals surface area (Å²) in [6, 6.07) is 15.5. The number of hydrogen-bond acceptors (Lipinski definition) is 6. The maximum absolute atomic E-state index is 13.1. The molecule has 0 bridgehead atoms. The van der Waals surface area contributed by atoms with Gasteiger partial charge in [0.1, 0.15) is 5.75 Å². The predicted molar refractivity (Wildman–Crippen MR) is 139 cm³/mol. The number of hydrogen-bond donors (Lipinski definition) is 2. The number of ether oxygens (including phenoxy) is 1. The summed E-state index contributed by atoms with van der Waals surface area (Å²) < 4.78 is 32.7. The van der Waals surface area contributed by atoms with E-state index in [2.05, 4.69) is 37.2 Å². The molecule has 1 heterocycles. The summed E-state index contributed by atoms with van der Waals surface area (Å²) in [5, 5.41) is 2.80. The number of nitrogens with one attached hydrogen (secondary N) is 1. The molecule has 0 spiro atoms. The number of fused-ring (bicyclic) bond motifs is 1. The number of carbonyl (C=O) groups is 1. The van der Waals surface area contributed by atoms with Gasteiger partial charge in [-0.2, -0.15) is 0 Å². The highest BCUT2D eigenvalue weighted by atomic mass is 79.9. The first kappa shape index (κ1) is 23.9. The third-order valence-electron chi connectivity index (χ3n) is 4.95. The second-order valence-electron chi connectivity index (χ2n) is 7.18. The highest BCUT2D eigenvalue weighted by molar-refractivity contribution is 9.11. The number of anilines is 2. The van der Waals surface area contributed by atoms with E-state index >= 15 is 0 Å². The highest BCUT2D eigenvalue weighted by Crippen LogP contribution is 2.41. The number of methoxy groups -OCH3 is 1. The molecule has 1 amide bonds. The fourth-order valence-electron chi connectivity index (χ4n) is 3.27. The molecule has 3 aromatic rings. The van der Waals surface area contributed by atoms with E-state index in [1.54, 1.807) is 48.5 Å². The minimum Gasteiger partial charge on any atom is -0.495 e. The molecule has 0 aromatic heterocycles. The Morgan fingerprint density at radius 1 is 1.09 bits per heavy atom. The highest BCUT2D eigenvalue weighted by Gasteiger charge is 2.25. The van der Waals surface area contributed by atoms with E-state index in [0.717, 1.165) is 10.5 Å². The van der Waals surface area contributed by atoms with E-state index in [-0.39, 0.29) is 16.6 Å². The van der Waals surface area contributed by atoms with Crippen molar-refractivity contribution in [1.29, 1.82) is 0 Å². The normalized spacial score (nSPS) is 14.6. The second-order valence-corrected chi connectivity index (χ2v) is 12.0. The first-order chi connectivity index (χ1) is 15.7. The van der Waals surface area contributed by atoms with Crippen molar-refractivity contribution in [3.63, 3.8) is 0 Å². The Kier molecular flexibility index (Phi) is 6.90. The van der Waals surface area contributed by atoms with Crippen molar-refractivity contribution in [3.05, 3.63) is 79.6 Å². The number of rotatable bonds is 5. The quantitative estimate of drug-likeness (QED) is 0.278. The van der Waals surface area contributed by atoms with Crippen LogP contribution in [-0.2, 0) is 20.4 Å². The molecule has 170 valence electrons. The van der Waals surface area contributed by atoms with Gasteiger partial charge < -0.3 is 15.8 Å². The van der Waals surface area contributed by atoms with Crippen molar-refractivity contribution >= 4 is 76.8 Å². The molecule has 4 rings (SSSR count). The van der Waals surface area contributed by atoms with Gasteiger partial charge in [0.15, 0.2) is 9.84 Å². The second kappa shape index (κ2) is 9.54. The molecule has 10 heteroatoms. The Balaban J connectivity index is 1.61. The molecular formula is C23H18Br2N2O4S2. The molecule has 0 atom stereocenters. The molecule has 0 aliphatic carbocycles. The van der Waals surface area contributed by atoms with E-state index in [1.165, 1.54) is 24.9 Å². The molecule has 0 fully saturated rings. The van der Waals surface area contributed by atoms with Crippen LogP contribution in [0.2, 0.25) is 0 Å². The molecular weight excluding hydrogens is 592 g/mol. The van der Waals surface area contributed by atoms with Crippen molar-refractivity contribution in [2.45, 2.75) is 15.5 Å². The number of thioether (sulfide) groups is 1. The average molecular weight is 610 g/mol. The lowest BCUT2D eigenvalue weighted by Gasteiger charge is -2.20. The first-order valence-electron chi connectivity index (χ1n) is 9.62. The molecule has 0 saturated heterocycles. The standard InChI is InChI=1S/C23H18Br2N2O4S2/c1-31-20-7-5-13(9-18(20)26)10-22-23(28)27-19-11-14(6-8-21(19)32-22)33(29,30)12-15-16(24)3-2-4-17(15)25/h2-11H,12,26H2,1H3,(H,27,28)/b22-10-. The van der Waals surface area contributed by atoms with Gasteiger partial charge in [-0.05, 0) is 59.7 Å². The van der Waals surface area contributed by atoms with Crippen LogP contribution >= 0.6 is 43.6 Å². The van der Waals surface area contributed by atoms with Gasteiger partial charge in [0.05, 0.1) is 34.0 Å². The monoisotopic (exact) mass is 608 g/mol. The maximum Gasteiger partial charge on any atom is 0.262 e. The van der Waals surface area contributed by atoms with Crippen LogP contribution in [0.4, 0.5) is 11.4 Å². The zero-order chi connectivity index (χ0) is 23.8. The van der Waals surface area contributed by atoms with Crippen molar-refractivity contribution in [3.8, 4) is 5.75 Å². The van der Waals surface area contributed by atoms with Gasteiger partial charge in [-0.3, -0.25) is 4.79 Å². The number of nitrogen functional groups attached to an aromatic ring is 1. The van der Waals surface area contributed by atoms with E-state index in [0.29, 0.717) is 36.5 Å². The molecule has 0 radical (unpaired) electrons. The third-order valence-corrected chi connectivity index (χ3v) is 9.18. The van der Waals surface area contributed by atoms with Crippen LogP contribution in [0.15, 0.2) is 78.2 Å². The van der Waals surface area contributed by atoms with Crippen molar-refractivity contribution in [2.75, 3.05) is 18.2 Å². The van der Waals surface area contributed by atoms with Crippen molar-refractivity contribution in [2.24, 2.45) is 0 Å². The summed E-state index contributed by atoms with van der Waals surface area (Å²) in [4.78, 5) is 14.1. The number of amides is 1. The van der Waals surface area contributed by atoms with Gasteiger partial charge in [-0.25, -0.2) is 8.42 Å². The number of halogens is 2. The number of benzene rings is 3. The Hall–Kier alpha value is -2.27. The number of carbonyl (C=O) groups excluding carboxylic acids is 1. The van der Waals surface area contributed by atoms with Gasteiger partial charge in [0.25, 0.3) is 5.91 Å². The fraction of sp³-hybridized carbons (Fsp3) is 0.0870. The molecule has 3 aromatic carbocycles. The van der Waals surface area contributed by atoms with Gasteiger partial charge in [-0.15, -0.1) is 0 Å². The summed E-state index contributed by atoms with van der Waals surface area (Å²) in [5.41, 5.74) is 8.28.